The van der Waals surface area contributed by atoms with Crippen molar-refractivity contribution < 1.29 is 19.0 Å². The van der Waals surface area contributed by atoms with Gasteiger partial charge in [-0.2, -0.15) is 5.26 Å². The van der Waals surface area contributed by atoms with Crippen LogP contribution in [0.3, 0.4) is 0 Å². The van der Waals surface area contributed by atoms with Crippen LogP contribution in [0.4, 0.5) is 4.39 Å². The number of hydrogen-bond donors (Lipinski definition) is 4. The maximum absolute atomic E-state index is 12.8. The van der Waals surface area contributed by atoms with Crippen LogP contribution < -0.4 is 21.1 Å². The number of carbonyl (C=O) groups is 1. The Balaban J connectivity index is 0.00000301. The lowest BCUT2D eigenvalue weighted by molar-refractivity contribution is -0.111. The van der Waals surface area contributed by atoms with Gasteiger partial charge in [-0.05, 0) is 37.1 Å². The molecule has 144 valence electrons. The molecule has 9 heteroatoms. The van der Waals surface area contributed by atoms with Crippen molar-refractivity contribution in [3.05, 3.63) is 30.1 Å². The van der Waals surface area contributed by atoms with Gasteiger partial charge in [-0.15, -0.1) is 0 Å². The number of nitrogens with one attached hydrogen (secondary N) is 2. The summed E-state index contributed by atoms with van der Waals surface area (Å²) >= 11 is 0. The van der Waals surface area contributed by atoms with Crippen LogP contribution in [-0.2, 0) is 4.79 Å². The van der Waals surface area contributed by atoms with Crippen LogP contribution in [0.15, 0.2) is 29.3 Å². The van der Waals surface area contributed by atoms with Gasteiger partial charge in [0.1, 0.15) is 24.3 Å². The fraction of sp³-hybridized carbons (Fsp3) is 0.471. The Hall–Kier alpha value is -2.86. The zero-order chi connectivity index (χ0) is 19.8. The molecule has 1 aromatic rings. The van der Waals surface area contributed by atoms with E-state index in [9.17, 15) is 14.3 Å². The van der Waals surface area contributed by atoms with Crippen molar-refractivity contribution in [2.45, 2.75) is 38.8 Å². The highest BCUT2D eigenvalue weighted by Crippen LogP contribution is 2.12. The van der Waals surface area contributed by atoms with Crippen LogP contribution >= 0.6 is 0 Å². The van der Waals surface area contributed by atoms with Crippen molar-refractivity contribution in [3.63, 3.8) is 0 Å². The lowest BCUT2D eigenvalue weighted by atomic mass is 10.1. The van der Waals surface area contributed by atoms with Crippen LogP contribution in [0.5, 0.6) is 5.75 Å². The highest BCUT2D eigenvalue weighted by Gasteiger charge is 2.19. The van der Waals surface area contributed by atoms with E-state index >= 15 is 0 Å². The molecule has 0 saturated heterocycles. The number of halogens is 1. The summed E-state index contributed by atoms with van der Waals surface area (Å²) in [4.78, 5) is 14.6. The van der Waals surface area contributed by atoms with Crippen molar-refractivity contribution in [2.24, 2.45) is 10.7 Å². The average molecular weight is 367 g/mol. The second kappa shape index (κ2) is 14.5. The largest absolute Gasteiger partial charge is 0.491 e. The number of benzene rings is 1. The molecule has 0 aliphatic rings. The summed E-state index contributed by atoms with van der Waals surface area (Å²) in [7, 11) is 0. The fourth-order valence-electron chi connectivity index (χ4n) is 1.91. The molecule has 1 aromatic carbocycles. The SMILES string of the molecule is CC.N#CNC(N)=NCCCC(NC=O)C(O)COc1ccc(F)cc1. The third-order valence-corrected chi connectivity index (χ3v) is 3.12. The lowest BCUT2D eigenvalue weighted by Gasteiger charge is -2.22. The predicted octanol–water partition coefficient (Wildman–Crippen LogP) is 0.872. The maximum atomic E-state index is 12.8. The number of guanidine groups is 1. The number of aliphatic imine (C=N–C) groups is 1. The molecular formula is C17H26FN5O3. The van der Waals surface area contributed by atoms with Crippen molar-refractivity contribution in [1.82, 2.24) is 10.6 Å². The topological polar surface area (TPSA) is 133 Å². The summed E-state index contributed by atoms with van der Waals surface area (Å²) in [6.07, 6.45) is 2.18. The minimum Gasteiger partial charge on any atom is -0.491 e. The summed E-state index contributed by atoms with van der Waals surface area (Å²) < 4.78 is 18.2. The van der Waals surface area contributed by atoms with E-state index in [1.165, 1.54) is 24.3 Å². The minimum absolute atomic E-state index is 0.0117. The van der Waals surface area contributed by atoms with Gasteiger partial charge >= 0.3 is 0 Å². The molecule has 0 spiro atoms. The van der Waals surface area contributed by atoms with Gasteiger partial charge in [-0.1, -0.05) is 13.8 Å². The molecule has 0 bridgehead atoms. The highest BCUT2D eigenvalue weighted by atomic mass is 19.1. The summed E-state index contributed by atoms with van der Waals surface area (Å²) in [5.74, 6) is 0.0481. The molecule has 0 aliphatic heterocycles. The van der Waals surface area contributed by atoms with Gasteiger partial charge < -0.3 is 20.9 Å². The van der Waals surface area contributed by atoms with E-state index in [1.807, 2.05) is 13.8 Å². The van der Waals surface area contributed by atoms with Crippen LogP contribution in [0.25, 0.3) is 0 Å². The number of rotatable bonds is 10. The molecule has 0 saturated carbocycles. The van der Waals surface area contributed by atoms with E-state index in [0.29, 0.717) is 31.5 Å². The number of ether oxygens (including phenoxy) is 1. The molecule has 0 fully saturated rings. The van der Waals surface area contributed by atoms with Gasteiger partial charge in [0.15, 0.2) is 6.19 Å². The van der Waals surface area contributed by atoms with Gasteiger partial charge in [-0.25, -0.2) is 4.39 Å². The van der Waals surface area contributed by atoms with Gasteiger partial charge in [0.2, 0.25) is 12.4 Å². The lowest BCUT2D eigenvalue weighted by Crippen LogP contribution is -2.42. The summed E-state index contributed by atoms with van der Waals surface area (Å²) in [6.45, 7) is 4.28. The van der Waals surface area contributed by atoms with Crippen LogP contribution in [0.2, 0.25) is 0 Å². The fourth-order valence-corrected chi connectivity index (χ4v) is 1.91. The molecule has 0 aliphatic carbocycles. The molecule has 0 radical (unpaired) electrons. The standard InChI is InChI=1S/C15H20FN5O3.C2H6/c16-11-3-5-12(6-4-11)24-8-14(23)13(21-10-22)2-1-7-19-15(18)20-9-17;1-2/h3-6,10,13-14,23H,1-2,7-8H2,(H,21,22)(H3,18,19,20);1-2H3. The van der Waals surface area contributed by atoms with E-state index < -0.39 is 12.1 Å². The Morgan fingerprint density at radius 2 is 2.12 bits per heavy atom. The number of aliphatic hydroxyl groups is 1. The van der Waals surface area contributed by atoms with Crippen LogP contribution in [-0.4, -0.2) is 42.8 Å². The normalized spacial score (nSPS) is 12.7. The second-order valence-corrected chi connectivity index (χ2v) is 4.87. The number of aliphatic hydroxyl groups excluding tert-OH is 1. The summed E-state index contributed by atoms with van der Waals surface area (Å²) in [5.41, 5.74) is 5.39. The smallest absolute Gasteiger partial charge is 0.207 e. The number of hydrogen-bond acceptors (Lipinski definition) is 5. The molecule has 8 nitrogen and oxygen atoms in total. The molecule has 26 heavy (non-hydrogen) atoms. The van der Waals surface area contributed by atoms with E-state index in [4.69, 9.17) is 15.7 Å². The zero-order valence-electron chi connectivity index (χ0n) is 15.0. The Labute approximate surface area is 152 Å². The molecule has 5 N–H and O–H groups in total. The highest BCUT2D eigenvalue weighted by molar-refractivity contribution is 5.79. The van der Waals surface area contributed by atoms with Crippen molar-refractivity contribution in [2.75, 3.05) is 13.2 Å². The third kappa shape index (κ3) is 10.1. The van der Waals surface area contributed by atoms with Gasteiger partial charge in [0.05, 0.1) is 6.04 Å². The molecular weight excluding hydrogens is 341 g/mol. The summed E-state index contributed by atoms with van der Waals surface area (Å²) in [5, 5.41) is 23.2. The second-order valence-electron chi connectivity index (χ2n) is 4.87. The Morgan fingerprint density at radius 1 is 1.46 bits per heavy atom. The number of carbonyl (C=O) groups excluding carboxylic acids is 1. The first-order chi connectivity index (χ1) is 12.6. The van der Waals surface area contributed by atoms with Crippen molar-refractivity contribution in [1.29, 1.82) is 5.26 Å². The third-order valence-electron chi connectivity index (χ3n) is 3.12. The van der Waals surface area contributed by atoms with Gasteiger partial charge in [-0.3, -0.25) is 15.1 Å². The molecule has 2 atom stereocenters. The Morgan fingerprint density at radius 3 is 2.69 bits per heavy atom. The number of nitriles is 1. The molecule has 1 amide bonds. The first-order valence-corrected chi connectivity index (χ1v) is 8.28. The first kappa shape index (κ1) is 23.1. The van der Waals surface area contributed by atoms with Gasteiger partial charge in [0, 0.05) is 6.54 Å². The predicted molar refractivity (Wildman–Crippen MR) is 96.7 cm³/mol. The Bertz CT molecular complexity index is 575. The quantitative estimate of drug-likeness (QED) is 0.121. The van der Waals surface area contributed by atoms with E-state index in [1.54, 1.807) is 6.19 Å². The molecule has 0 aromatic heterocycles. The van der Waals surface area contributed by atoms with Crippen LogP contribution in [0, 0.1) is 17.3 Å². The van der Waals surface area contributed by atoms with Crippen molar-refractivity contribution in [3.8, 4) is 11.9 Å². The van der Waals surface area contributed by atoms with Crippen molar-refractivity contribution >= 4 is 12.4 Å². The number of nitrogens with two attached hydrogens (primary N) is 1. The zero-order valence-corrected chi connectivity index (χ0v) is 15.0. The van der Waals surface area contributed by atoms with Crippen LogP contribution in [0.1, 0.15) is 26.7 Å². The minimum atomic E-state index is -0.946. The monoisotopic (exact) mass is 367 g/mol. The first-order valence-electron chi connectivity index (χ1n) is 8.28. The molecule has 2 unspecified atom stereocenters. The number of amides is 1. The van der Waals surface area contributed by atoms with Gasteiger partial charge in [0.25, 0.3) is 0 Å². The summed E-state index contributed by atoms with van der Waals surface area (Å²) in [6, 6.07) is 4.87. The average Bonchev–Trinajstić information content (AvgIpc) is 2.65. The molecule has 1 rings (SSSR count). The van der Waals surface area contributed by atoms with E-state index in [2.05, 4.69) is 15.6 Å². The van der Waals surface area contributed by atoms with E-state index in [-0.39, 0.29) is 18.4 Å². The Kier molecular flexibility index (Phi) is 12.9. The maximum Gasteiger partial charge on any atom is 0.207 e. The van der Waals surface area contributed by atoms with E-state index in [0.717, 1.165) is 0 Å². The number of nitrogens with zero attached hydrogens (tertiary/aromatic N) is 2. The molecule has 0 heterocycles.